The van der Waals surface area contributed by atoms with Gasteiger partial charge in [-0.15, -0.1) is 0 Å². The van der Waals surface area contributed by atoms with Crippen LogP contribution >= 0.6 is 0 Å². The second kappa shape index (κ2) is 8.71. The summed E-state index contributed by atoms with van der Waals surface area (Å²) in [6.45, 7) is 12.5. The number of amides is 1. The third kappa shape index (κ3) is 6.76. The molecular weight excluding hydrogens is 266 g/mol. The van der Waals surface area contributed by atoms with E-state index in [9.17, 15) is 4.79 Å². The van der Waals surface area contributed by atoms with Crippen molar-refractivity contribution in [2.24, 2.45) is 11.7 Å². The molecule has 1 aliphatic heterocycles. The van der Waals surface area contributed by atoms with Gasteiger partial charge in [0.25, 0.3) is 0 Å². The van der Waals surface area contributed by atoms with Gasteiger partial charge in [0.2, 0.25) is 5.91 Å². The number of carbonyl (C=O) groups excluding carboxylic acids is 1. The fourth-order valence-electron chi connectivity index (χ4n) is 2.64. The van der Waals surface area contributed by atoms with E-state index >= 15 is 0 Å². The third-order valence-electron chi connectivity index (χ3n) is 4.31. The van der Waals surface area contributed by atoms with Gasteiger partial charge in [0, 0.05) is 37.1 Å². The van der Waals surface area contributed by atoms with Gasteiger partial charge in [0.1, 0.15) is 0 Å². The zero-order valence-electron chi connectivity index (χ0n) is 14.2. The molecule has 0 aliphatic carbocycles. The summed E-state index contributed by atoms with van der Waals surface area (Å²) in [5, 5.41) is 3.11. The van der Waals surface area contributed by atoms with Gasteiger partial charge in [0.05, 0.1) is 13.2 Å². The van der Waals surface area contributed by atoms with E-state index in [-0.39, 0.29) is 23.4 Å². The average molecular weight is 299 g/mol. The number of ether oxygens (including phenoxy) is 1. The molecule has 5 heteroatoms. The molecule has 1 rings (SSSR count). The molecule has 21 heavy (non-hydrogen) atoms. The van der Waals surface area contributed by atoms with Gasteiger partial charge in [-0.3, -0.25) is 9.69 Å². The molecule has 3 N–H and O–H groups in total. The van der Waals surface area contributed by atoms with Crippen molar-refractivity contribution >= 4 is 5.91 Å². The van der Waals surface area contributed by atoms with Gasteiger partial charge in [-0.05, 0) is 33.6 Å². The Balaban J connectivity index is 2.29. The Morgan fingerprint density at radius 2 is 1.90 bits per heavy atom. The summed E-state index contributed by atoms with van der Waals surface area (Å²) < 4.78 is 5.38. The standard InChI is InChI=1S/C16H33N3O2/c1-13(6-5-7-14(2)17)15(20)18-12-16(3,4)19-8-10-21-11-9-19/h13-14H,5-12,17H2,1-4H3,(H,18,20). The molecule has 1 fully saturated rings. The molecule has 0 aromatic rings. The molecule has 1 heterocycles. The van der Waals surface area contributed by atoms with Crippen LogP contribution < -0.4 is 11.1 Å². The van der Waals surface area contributed by atoms with Gasteiger partial charge >= 0.3 is 0 Å². The Morgan fingerprint density at radius 3 is 2.48 bits per heavy atom. The highest BCUT2D eigenvalue weighted by Crippen LogP contribution is 2.16. The Labute approximate surface area is 129 Å². The van der Waals surface area contributed by atoms with E-state index in [1.807, 2.05) is 13.8 Å². The maximum Gasteiger partial charge on any atom is 0.222 e. The lowest BCUT2D eigenvalue weighted by Crippen LogP contribution is -2.55. The van der Waals surface area contributed by atoms with E-state index in [1.54, 1.807) is 0 Å². The van der Waals surface area contributed by atoms with Crippen LogP contribution in [0.2, 0.25) is 0 Å². The van der Waals surface area contributed by atoms with Crippen molar-refractivity contribution < 1.29 is 9.53 Å². The van der Waals surface area contributed by atoms with Crippen LogP contribution in [0.1, 0.15) is 47.0 Å². The molecule has 1 aliphatic rings. The van der Waals surface area contributed by atoms with Gasteiger partial charge < -0.3 is 15.8 Å². The fourth-order valence-corrected chi connectivity index (χ4v) is 2.64. The molecule has 0 radical (unpaired) electrons. The van der Waals surface area contributed by atoms with Crippen molar-refractivity contribution in [3.05, 3.63) is 0 Å². The molecule has 124 valence electrons. The molecule has 0 aromatic heterocycles. The Morgan fingerprint density at radius 1 is 1.29 bits per heavy atom. The van der Waals surface area contributed by atoms with E-state index in [0.717, 1.165) is 45.6 Å². The summed E-state index contributed by atoms with van der Waals surface area (Å²) in [6, 6.07) is 0.223. The van der Waals surface area contributed by atoms with Crippen molar-refractivity contribution in [2.45, 2.75) is 58.5 Å². The Bertz CT molecular complexity index is 313. The van der Waals surface area contributed by atoms with Gasteiger partial charge in [-0.1, -0.05) is 13.3 Å². The molecule has 5 nitrogen and oxygen atoms in total. The van der Waals surface area contributed by atoms with E-state index in [4.69, 9.17) is 10.5 Å². The minimum atomic E-state index is -0.0229. The molecule has 1 amide bonds. The lowest BCUT2D eigenvalue weighted by Gasteiger charge is -2.41. The Kier molecular flexibility index (Phi) is 7.63. The van der Waals surface area contributed by atoms with Crippen molar-refractivity contribution in [3.8, 4) is 0 Å². The van der Waals surface area contributed by atoms with Crippen LogP contribution in [0, 0.1) is 5.92 Å². The van der Waals surface area contributed by atoms with Crippen molar-refractivity contribution in [1.82, 2.24) is 10.2 Å². The minimum absolute atomic E-state index is 0.0229. The molecule has 0 spiro atoms. The van der Waals surface area contributed by atoms with Crippen molar-refractivity contribution in [3.63, 3.8) is 0 Å². The SMILES string of the molecule is CC(N)CCCC(C)C(=O)NCC(C)(C)N1CCOCC1. The highest BCUT2D eigenvalue weighted by atomic mass is 16.5. The van der Waals surface area contributed by atoms with Crippen LogP contribution in [0.4, 0.5) is 0 Å². The smallest absolute Gasteiger partial charge is 0.222 e. The number of nitrogens with two attached hydrogens (primary N) is 1. The van der Waals surface area contributed by atoms with E-state index in [2.05, 4.69) is 24.1 Å². The van der Waals surface area contributed by atoms with Crippen LogP contribution in [0.5, 0.6) is 0 Å². The quantitative estimate of drug-likeness (QED) is 0.710. The van der Waals surface area contributed by atoms with Gasteiger partial charge in [-0.25, -0.2) is 0 Å². The van der Waals surface area contributed by atoms with Crippen LogP contribution in [0.25, 0.3) is 0 Å². The summed E-state index contributed by atoms with van der Waals surface area (Å²) >= 11 is 0. The first-order valence-corrected chi connectivity index (χ1v) is 8.19. The lowest BCUT2D eigenvalue weighted by molar-refractivity contribution is -0.125. The second-order valence-corrected chi connectivity index (χ2v) is 6.94. The molecule has 1 saturated heterocycles. The zero-order valence-corrected chi connectivity index (χ0v) is 14.2. The first kappa shape index (κ1) is 18.4. The monoisotopic (exact) mass is 299 g/mol. The maximum atomic E-state index is 12.2. The summed E-state index contributed by atoms with van der Waals surface area (Å²) in [7, 11) is 0. The van der Waals surface area contributed by atoms with Crippen molar-refractivity contribution in [1.29, 1.82) is 0 Å². The third-order valence-corrected chi connectivity index (χ3v) is 4.31. The number of hydrogen-bond acceptors (Lipinski definition) is 4. The van der Waals surface area contributed by atoms with E-state index in [0.29, 0.717) is 6.54 Å². The van der Waals surface area contributed by atoms with Crippen LogP contribution in [0.15, 0.2) is 0 Å². The zero-order chi connectivity index (χ0) is 15.9. The molecule has 0 aromatic carbocycles. The molecule has 2 atom stereocenters. The number of rotatable bonds is 8. The molecule has 0 saturated carbocycles. The maximum absolute atomic E-state index is 12.2. The number of nitrogens with zero attached hydrogens (tertiary/aromatic N) is 1. The molecular formula is C16H33N3O2. The number of hydrogen-bond donors (Lipinski definition) is 2. The highest BCUT2D eigenvalue weighted by Gasteiger charge is 2.29. The first-order valence-electron chi connectivity index (χ1n) is 8.19. The van der Waals surface area contributed by atoms with Crippen LogP contribution in [-0.4, -0.2) is 55.2 Å². The number of morpholine rings is 1. The summed E-state index contributed by atoms with van der Waals surface area (Å²) in [5.74, 6) is 0.213. The average Bonchev–Trinajstić information content (AvgIpc) is 2.45. The Hall–Kier alpha value is -0.650. The predicted octanol–water partition coefficient (Wildman–Crippen LogP) is 1.37. The van der Waals surface area contributed by atoms with E-state index < -0.39 is 0 Å². The fraction of sp³-hybridized carbons (Fsp3) is 0.938. The second-order valence-electron chi connectivity index (χ2n) is 6.94. The van der Waals surface area contributed by atoms with Gasteiger partial charge in [0.15, 0.2) is 0 Å². The summed E-state index contributed by atoms with van der Waals surface area (Å²) in [6.07, 6.45) is 2.90. The molecule has 2 unspecified atom stereocenters. The largest absolute Gasteiger partial charge is 0.379 e. The molecule has 0 bridgehead atoms. The predicted molar refractivity (Wildman–Crippen MR) is 86.1 cm³/mol. The summed E-state index contributed by atoms with van der Waals surface area (Å²) in [4.78, 5) is 14.5. The van der Waals surface area contributed by atoms with Gasteiger partial charge in [-0.2, -0.15) is 0 Å². The minimum Gasteiger partial charge on any atom is -0.379 e. The van der Waals surface area contributed by atoms with Crippen LogP contribution in [-0.2, 0) is 9.53 Å². The summed E-state index contributed by atoms with van der Waals surface area (Å²) in [5.41, 5.74) is 5.71. The van der Waals surface area contributed by atoms with Crippen molar-refractivity contribution in [2.75, 3.05) is 32.8 Å². The number of nitrogens with one attached hydrogen (secondary N) is 1. The van der Waals surface area contributed by atoms with Crippen LogP contribution in [0.3, 0.4) is 0 Å². The highest BCUT2D eigenvalue weighted by molar-refractivity contribution is 5.78. The first-order chi connectivity index (χ1) is 9.83. The number of carbonyl (C=O) groups is 1. The lowest BCUT2D eigenvalue weighted by atomic mass is 9.99. The normalized spacial score (nSPS) is 20.0. The van der Waals surface area contributed by atoms with E-state index in [1.165, 1.54) is 0 Å². The topological polar surface area (TPSA) is 67.6 Å².